The lowest BCUT2D eigenvalue weighted by atomic mass is 10.1. The van der Waals surface area contributed by atoms with Crippen LogP contribution in [-0.2, 0) is 4.74 Å². The molecule has 0 saturated carbocycles. The van der Waals surface area contributed by atoms with Gasteiger partial charge in [0.05, 0.1) is 11.8 Å². The van der Waals surface area contributed by atoms with Gasteiger partial charge in [-0.3, -0.25) is 4.79 Å². The summed E-state index contributed by atoms with van der Waals surface area (Å²) in [5.41, 5.74) is 0.918. The Kier molecular flexibility index (Phi) is 5.66. The first-order chi connectivity index (χ1) is 11.6. The van der Waals surface area contributed by atoms with Crippen molar-refractivity contribution in [2.75, 3.05) is 43.7 Å². The van der Waals surface area contributed by atoms with Crippen LogP contribution in [0.4, 0.5) is 10.1 Å². The Balaban J connectivity index is 1.80. The number of ether oxygens (including phenoxy) is 1. The zero-order valence-electron chi connectivity index (χ0n) is 14.3. The number of benzene rings is 1. The molecule has 0 aliphatic carbocycles. The van der Waals surface area contributed by atoms with Crippen LogP contribution in [-0.4, -0.2) is 61.7 Å². The van der Waals surface area contributed by atoms with E-state index in [4.69, 9.17) is 4.74 Å². The Morgan fingerprint density at radius 3 is 2.79 bits per heavy atom. The summed E-state index contributed by atoms with van der Waals surface area (Å²) < 4.78 is 20.0. The summed E-state index contributed by atoms with van der Waals surface area (Å²) in [5, 5.41) is 0. The molecule has 1 aromatic rings. The molecule has 4 nitrogen and oxygen atoms in total. The lowest BCUT2D eigenvalue weighted by Gasteiger charge is -2.31. The van der Waals surface area contributed by atoms with Crippen molar-refractivity contribution in [2.24, 2.45) is 0 Å². The number of thioether (sulfide) groups is 1. The molecule has 2 heterocycles. The number of nitrogens with zero attached hydrogens (tertiary/aromatic N) is 2. The fourth-order valence-electron chi connectivity index (χ4n) is 3.34. The lowest BCUT2D eigenvalue weighted by Crippen LogP contribution is -2.44. The van der Waals surface area contributed by atoms with Crippen LogP contribution in [0.5, 0.6) is 0 Å². The van der Waals surface area contributed by atoms with E-state index in [1.807, 2.05) is 16.7 Å². The van der Waals surface area contributed by atoms with Gasteiger partial charge in [-0.25, -0.2) is 4.39 Å². The van der Waals surface area contributed by atoms with E-state index in [0.29, 0.717) is 17.8 Å². The topological polar surface area (TPSA) is 32.8 Å². The zero-order valence-corrected chi connectivity index (χ0v) is 15.2. The van der Waals surface area contributed by atoms with Gasteiger partial charge in [-0.2, -0.15) is 11.8 Å². The summed E-state index contributed by atoms with van der Waals surface area (Å²) in [6, 6.07) is 4.99. The summed E-state index contributed by atoms with van der Waals surface area (Å²) in [6.07, 6.45) is 3.17. The highest BCUT2D eigenvalue weighted by molar-refractivity contribution is 7.99. The first-order valence-corrected chi connectivity index (χ1v) is 9.69. The van der Waals surface area contributed by atoms with Crippen LogP contribution < -0.4 is 4.90 Å². The van der Waals surface area contributed by atoms with Crippen LogP contribution in [0.1, 0.15) is 29.6 Å². The molecule has 2 atom stereocenters. The van der Waals surface area contributed by atoms with Crippen molar-refractivity contribution in [3.63, 3.8) is 0 Å². The summed E-state index contributed by atoms with van der Waals surface area (Å²) in [7, 11) is 3.58. The third kappa shape index (κ3) is 3.86. The summed E-state index contributed by atoms with van der Waals surface area (Å²) >= 11 is 1.88. The van der Waals surface area contributed by atoms with Gasteiger partial charge in [-0.05, 0) is 43.2 Å². The first kappa shape index (κ1) is 17.5. The molecule has 0 radical (unpaired) electrons. The van der Waals surface area contributed by atoms with Crippen LogP contribution in [0.3, 0.4) is 0 Å². The second-order valence-corrected chi connectivity index (χ2v) is 7.82. The van der Waals surface area contributed by atoms with Crippen molar-refractivity contribution in [1.82, 2.24) is 4.90 Å². The summed E-state index contributed by atoms with van der Waals surface area (Å²) in [5.74, 6) is 1.59. The molecule has 2 fully saturated rings. The van der Waals surface area contributed by atoms with E-state index in [1.54, 1.807) is 31.1 Å². The average Bonchev–Trinajstić information content (AvgIpc) is 3.25. The normalized spacial score (nSPS) is 23.5. The van der Waals surface area contributed by atoms with Gasteiger partial charge in [-0.1, -0.05) is 0 Å². The standard InChI is InChI=1S/C18H25FN2O2S/c1-20(2)17-6-5-13(10-16(17)19)18(22)21(14-7-9-24-12-14)11-15-4-3-8-23-15/h5-6,10,14-15H,3-4,7-9,11-12H2,1-2H3/t14-,15-/m0/s1. The van der Waals surface area contributed by atoms with Crippen LogP contribution in [0.2, 0.25) is 0 Å². The zero-order chi connectivity index (χ0) is 17.1. The summed E-state index contributed by atoms with van der Waals surface area (Å²) in [6.45, 7) is 1.39. The van der Waals surface area contributed by atoms with Gasteiger partial charge in [0.25, 0.3) is 5.91 Å². The second kappa shape index (κ2) is 7.74. The average molecular weight is 352 g/mol. The lowest BCUT2D eigenvalue weighted by molar-refractivity contribution is 0.0441. The molecule has 132 valence electrons. The third-order valence-electron chi connectivity index (χ3n) is 4.71. The van der Waals surface area contributed by atoms with E-state index in [9.17, 15) is 9.18 Å². The third-order valence-corrected chi connectivity index (χ3v) is 5.85. The molecule has 0 bridgehead atoms. The largest absolute Gasteiger partial charge is 0.376 e. The number of carbonyl (C=O) groups is 1. The Bertz CT molecular complexity index is 584. The predicted octanol–water partition coefficient (Wildman–Crippen LogP) is 3.02. The van der Waals surface area contributed by atoms with Crippen molar-refractivity contribution < 1.29 is 13.9 Å². The highest BCUT2D eigenvalue weighted by atomic mass is 32.2. The molecule has 6 heteroatoms. The fraction of sp³-hybridized carbons (Fsp3) is 0.611. The van der Waals surface area contributed by atoms with Gasteiger partial charge in [0.1, 0.15) is 5.82 Å². The number of amides is 1. The van der Waals surface area contributed by atoms with Crippen LogP contribution in [0, 0.1) is 5.82 Å². The molecule has 2 saturated heterocycles. The number of carbonyl (C=O) groups excluding carboxylic acids is 1. The first-order valence-electron chi connectivity index (χ1n) is 8.53. The van der Waals surface area contributed by atoms with E-state index >= 15 is 0 Å². The molecular formula is C18H25FN2O2S. The van der Waals surface area contributed by atoms with Crippen LogP contribution in [0.25, 0.3) is 0 Å². The highest BCUT2D eigenvalue weighted by Gasteiger charge is 2.31. The molecule has 3 rings (SSSR count). The van der Waals surface area contributed by atoms with Crippen molar-refractivity contribution in [3.05, 3.63) is 29.6 Å². The molecule has 0 spiro atoms. The van der Waals surface area contributed by atoms with E-state index in [0.717, 1.165) is 37.4 Å². The number of hydrogen-bond acceptors (Lipinski definition) is 4. The molecule has 0 aromatic heterocycles. The summed E-state index contributed by atoms with van der Waals surface area (Å²) in [4.78, 5) is 16.7. The molecular weight excluding hydrogens is 327 g/mol. The van der Waals surface area contributed by atoms with Gasteiger partial charge in [0.15, 0.2) is 0 Å². The van der Waals surface area contributed by atoms with E-state index < -0.39 is 0 Å². The van der Waals surface area contributed by atoms with Gasteiger partial charge < -0.3 is 14.5 Å². The minimum Gasteiger partial charge on any atom is -0.376 e. The van der Waals surface area contributed by atoms with E-state index in [-0.39, 0.29) is 23.9 Å². The second-order valence-electron chi connectivity index (χ2n) is 6.67. The Hall–Kier alpha value is -1.27. The van der Waals surface area contributed by atoms with Crippen LogP contribution >= 0.6 is 11.8 Å². The van der Waals surface area contributed by atoms with E-state index in [1.165, 1.54) is 6.07 Å². The minimum absolute atomic E-state index is 0.0813. The van der Waals surface area contributed by atoms with Crippen molar-refractivity contribution in [3.8, 4) is 0 Å². The maximum atomic E-state index is 14.3. The maximum absolute atomic E-state index is 14.3. The highest BCUT2D eigenvalue weighted by Crippen LogP contribution is 2.27. The van der Waals surface area contributed by atoms with Gasteiger partial charge in [0.2, 0.25) is 0 Å². The Morgan fingerprint density at radius 1 is 1.38 bits per heavy atom. The van der Waals surface area contributed by atoms with Gasteiger partial charge in [-0.15, -0.1) is 0 Å². The predicted molar refractivity (Wildman–Crippen MR) is 96.5 cm³/mol. The SMILES string of the molecule is CN(C)c1ccc(C(=O)N(C[C@@H]2CCCO2)[C@H]2CCSC2)cc1F. The van der Waals surface area contributed by atoms with Crippen molar-refractivity contribution in [2.45, 2.75) is 31.4 Å². The molecule has 1 amide bonds. The van der Waals surface area contributed by atoms with Crippen LogP contribution in [0.15, 0.2) is 18.2 Å². The Morgan fingerprint density at radius 2 is 2.21 bits per heavy atom. The quantitative estimate of drug-likeness (QED) is 0.816. The number of rotatable bonds is 5. The molecule has 2 aliphatic heterocycles. The monoisotopic (exact) mass is 352 g/mol. The van der Waals surface area contributed by atoms with E-state index in [2.05, 4.69) is 0 Å². The number of anilines is 1. The smallest absolute Gasteiger partial charge is 0.254 e. The van der Waals surface area contributed by atoms with Gasteiger partial charge in [0, 0.05) is 44.6 Å². The Labute approximate surface area is 147 Å². The molecule has 0 N–H and O–H groups in total. The minimum atomic E-state index is -0.358. The van der Waals surface area contributed by atoms with Crippen molar-refractivity contribution in [1.29, 1.82) is 0 Å². The molecule has 0 unspecified atom stereocenters. The maximum Gasteiger partial charge on any atom is 0.254 e. The molecule has 1 aromatic carbocycles. The number of hydrogen-bond donors (Lipinski definition) is 0. The van der Waals surface area contributed by atoms with Crippen molar-refractivity contribution >= 4 is 23.4 Å². The number of halogens is 1. The molecule has 2 aliphatic rings. The molecule has 24 heavy (non-hydrogen) atoms. The fourth-order valence-corrected chi connectivity index (χ4v) is 4.57. The van der Waals surface area contributed by atoms with Gasteiger partial charge >= 0.3 is 0 Å².